The summed E-state index contributed by atoms with van der Waals surface area (Å²) in [6.45, 7) is -0.0182. The number of carbonyl (C=O) groups excluding carboxylic acids is 1. The molecule has 1 aliphatic carbocycles. The van der Waals surface area contributed by atoms with Crippen molar-refractivity contribution in [3.8, 4) is 11.4 Å². The zero-order chi connectivity index (χ0) is 17.0. The molecule has 0 aromatic carbocycles. The van der Waals surface area contributed by atoms with Gasteiger partial charge < -0.3 is 14.9 Å². The van der Waals surface area contributed by atoms with Crippen molar-refractivity contribution in [1.29, 1.82) is 0 Å². The maximum absolute atomic E-state index is 12.4. The van der Waals surface area contributed by atoms with E-state index in [0.29, 0.717) is 12.2 Å². The van der Waals surface area contributed by atoms with Crippen LogP contribution in [0.15, 0.2) is 41.2 Å². The van der Waals surface area contributed by atoms with E-state index in [4.69, 9.17) is 4.52 Å². The Bertz CT molecular complexity index is 771. The van der Waals surface area contributed by atoms with Crippen LogP contribution in [0.25, 0.3) is 11.4 Å². The molecule has 2 N–H and O–H groups in total. The fourth-order valence-electron chi connectivity index (χ4n) is 2.60. The van der Waals surface area contributed by atoms with E-state index in [1.165, 1.54) is 0 Å². The summed E-state index contributed by atoms with van der Waals surface area (Å²) < 4.78 is 5.09. The number of allylic oxidation sites excluding steroid dienone is 2. The number of hydrogen-bond acceptors (Lipinski definition) is 6. The Morgan fingerprint density at radius 3 is 2.75 bits per heavy atom. The summed E-state index contributed by atoms with van der Waals surface area (Å²) in [5.74, 6) is -1.06. The van der Waals surface area contributed by atoms with Crippen molar-refractivity contribution < 1.29 is 19.2 Å². The number of nitrogens with one attached hydrogen (secondary N) is 1. The van der Waals surface area contributed by atoms with Crippen LogP contribution in [0.3, 0.4) is 0 Å². The highest BCUT2D eigenvalue weighted by Crippen LogP contribution is 2.33. The zero-order valence-corrected chi connectivity index (χ0v) is 12.8. The van der Waals surface area contributed by atoms with Crippen molar-refractivity contribution in [1.82, 2.24) is 20.4 Å². The van der Waals surface area contributed by atoms with E-state index in [2.05, 4.69) is 20.4 Å². The van der Waals surface area contributed by atoms with Crippen molar-refractivity contribution in [3.05, 3.63) is 42.6 Å². The lowest BCUT2D eigenvalue weighted by atomic mass is 9.76. The van der Waals surface area contributed by atoms with Crippen LogP contribution >= 0.6 is 0 Å². The molecule has 2 aromatic heterocycles. The number of aromatic nitrogens is 3. The first kappa shape index (κ1) is 15.9. The summed E-state index contributed by atoms with van der Waals surface area (Å²) in [6.07, 6.45) is 7.85. The molecule has 3 rings (SSSR count). The van der Waals surface area contributed by atoms with Gasteiger partial charge >= 0.3 is 5.97 Å². The quantitative estimate of drug-likeness (QED) is 0.631. The number of pyridine rings is 1. The third-order valence-corrected chi connectivity index (χ3v) is 4.02. The molecular formula is C16H16N4O4. The molecule has 1 atom stereocenters. The average molecular weight is 328 g/mol. The van der Waals surface area contributed by atoms with Crippen LogP contribution in [0.5, 0.6) is 0 Å². The number of amides is 1. The second-order valence-corrected chi connectivity index (χ2v) is 5.53. The number of rotatable bonds is 5. The molecule has 1 unspecified atom stereocenters. The van der Waals surface area contributed by atoms with Gasteiger partial charge in [-0.2, -0.15) is 4.98 Å². The summed E-state index contributed by atoms with van der Waals surface area (Å²) in [5, 5.41) is 15.9. The van der Waals surface area contributed by atoms with Gasteiger partial charge in [0.25, 0.3) is 0 Å². The number of hydrogen-bond donors (Lipinski definition) is 2. The smallest absolute Gasteiger partial charge is 0.319 e. The molecule has 0 radical (unpaired) electrons. The molecule has 1 aliphatic rings. The average Bonchev–Trinajstić information content (AvgIpc) is 3.10. The van der Waals surface area contributed by atoms with Crippen LogP contribution in [0, 0.1) is 5.41 Å². The Balaban J connectivity index is 1.67. The van der Waals surface area contributed by atoms with Crippen LogP contribution in [0.2, 0.25) is 0 Å². The minimum absolute atomic E-state index is 0.0182. The predicted molar refractivity (Wildman–Crippen MR) is 82.4 cm³/mol. The Hall–Kier alpha value is -3.03. The van der Waals surface area contributed by atoms with Gasteiger partial charge in [-0.05, 0) is 31.4 Å². The molecule has 2 aromatic rings. The van der Waals surface area contributed by atoms with Gasteiger partial charge in [-0.15, -0.1) is 0 Å². The molecule has 124 valence electrons. The Morgan fingerprint density at radius 2 is 2.08 bits per heavy atom. The number of carboxylic acids is 1. The van der Waals surface area contributed by atoms with Crippen molar-refractivity contribution in [2.45, 2.75) is 25.8 Å². The van der Waals surface area contributed by atoms with E-state index >= 15 is 0 Å². The van der Waals surface area contributed by atoms with Crippen molar-refractivity contribution >= 4 is 11.9 Å². The minimum Gasteiger partial charge on any atom is -0.480 e. The molecule has 0 spiro atoms. The lowest BCUT2D eigenvalue weighted by Crippen LogP contribution is -2.46. The van der Waals surface area contributed by atoms with Gasteiger partial charge in [0.2, 0.25) is 17.6 Å². The Labute approximate surface area is 137 Å². The molecule has 0 aliphatic heterocycles. The van der Waals surface area contributed by atoms with Gasteiger partial charge in [-0.3, -0.25) is 14.6 Å². The maximum Gasteiger partial charge on any atom is 0.319 e. The van der Waals surface area contributed by atoms with Crippen molar-refractivity contribution in [2.24, 2.45) is 5.41 Å². The van der Waals surface area contributed by atoms with Crippen LogP contribution in [-0.2, 0) is 16.1 Å². The van der Waals surface area contributed by atoms with Gasteiger partial charge in [0.15, 0.2) is 0 Å². The fraction of sp³-hybridized carbons (Fsp3) is 0.312. The van der Waals surface area contributed by atoms with Gasteiger partial charge in [0, 0.05) is 18.0 Å². The molecule has 8 nitrogen and oxygen atoms in total. The Kier molecular flexibility index (Phi) is 4.37. The van der Waals surface area contributed by atoms with E-state index in [1.807, 2.05) is 6.08 Å². The van der Waals surface area contributed by atoms with Crippen LogP contribution in [0.1, 0.15) is 25.2 Å². The topological polar surface area (TPSA) is 118 Å². The summed E-state index contributed by atoms with van der Waals surface area (Å²) in [4.78, 5) is 32.0. The first-order chi connectivity index (χ1) is 11.6. The first-order valence-electron chi connectivity index (χ1n) is 7.51. The molecule has 8 heteroatoms. The van der Waals surface area contributed by atoms with Gasteiger partial charge in [-0.25, -0.2) is 0 Å². The lowest BCUT2D eigenvalue weighted by Gasteiger charge is -2.28. The van der Waals surface area contributed by atoms with E-state index in [1.54, 1.807) is 30.6 Å². The second kappa shape index (κ2) is 6.61. The lowest BCUT2D eigenvalue weighted by molar-refractivity contribution is -0.156. The van der Waals surface area contributed by atoms with Crippen LogP contribution < -0.4 is 5.32 Å². The largest absolute Gasteiger partial charge is 0.480 e. The number of aliphatic carboxylic acids is 1. The second-order valence-electron chi connectivity index (χ2n) is 5.53. The van der Waals surface area contributed by atoms with Gasteiger partial charge in [-0.1, -0.05) is 17.3 Å². The molecular weight excluding hydrogens is 312 g/mol. The summed E-state index contributed by atoms with van der Waals surface area (Å²) >= 11 is 0. The fourth-order valence-corrected chi connectivity index (χ4v) is 2.60. The SMILES string of the molecule is O=C(O)C1(C(=O)NCc2nc(-c3ccncc3)no2)CC=CCC1. The molecule has 0 saturated heterocycles. The van der Waals surface area contributed by atoms with Gasteiger partial charge in [0.05, 0.1) is 6.54 Å². The summed E-state index contributed by atoms with van der Waals surface area (Å²) in [6, 6.07) is 3.47. The van der Waals surface area contributed by atoms with E-state index < -0.39 is 17.3 Å². The monoisotopic (exact) mass is 328 g/mol. The normalized spacial score (nSPS) is 19.8. The van der Waals surface area contributed by atoms with E-state index in [9.17, 15) is 14.7 Å². The number of carboxylic acid groups (broad SMARTS) is 1. The van der Waals surface area contributed by atoms with Crippen LogP contribution in [-0.4, -0.2) is 32.1 Å². The highest BCUT2D eigenvalue weighted by molar-refractivity contribution is 6.02. The zero-order valence-electron chi connectivity index (χ0n) is 12.8. The van der Waals surface area contributed by atoms with Crippen LogP contribution in [0.4, 0.5) is 0 Å². The molecule has 24 heavy (non-hydrogen) atoms. The third-order valence-electron chi connectivity index (χ3n) is 4.02. The number of carbonyl (C=O) groups is 2. The van der Waals surface area contributed by atoms with Gasteiger partial charge in [0.1, 0.15) is 5.41 Å². The number of nitrogens with zero attached hydrogens (tertiary/aromatic N) is 3. The Morgan fingerprint density at radius 1 is 1.29 bits per heavy atom. The maximum atomic E-state index is 12.4. The molecule has 0 saturated carbocycles. The third kappa shape index (κ3) is 3.03. The molecule has 0 bridgehead atoms. The predicted octanol–water partition coefficient (Wildman–Crippen LogP) is 1.56. The highest BCUT2D eigenvalue weighted by Gasteiger charge is 2.45. The molecule has 2 heterocycles. The highest BCUT2D eigenvalue weighted by atomic mass is 16.5. The first-order valence-corrected chi connectivity index (χ1v) is 7.51. The van der Waals surface area contributed by atoms with E-state index in [-0.39, 0.29) is 25.3 Å². The molecule has 0 fully saturated rings. The molecule has 1 amide bonds. The standard InChI is InChI=1S/C16H16N4O4/c21-14(16(15(22)23)6-2-1-3-7-16)18-10-12-19-13(20-24-12)11-4-8-17-9-5-11/h1-2,4-5,8-9H,3,6-7,10H2,(H,18,21)(H,22,23). The minimum atomic E-state index is -1.43. The summed E-state index contributed by atoms with van der Waals surface area (Å²) in [5.41, 5.74) is -0.686. The van der Waals surface area contributed by atoms with Crippen molar-refractivity contribution in [3.63, 3.8) is 0 Å². The summed E-state index contributed by atoms with van der Waals surface area (Å²) in [7, 11) is 0. The van der Waals surface area contributed by atoms with Crippen molar-refractivity contribution in [2.75, 3.05) is 0 Å². The van der Waals surface area contributed by atoms with E-state index in [0.717, 1.165) is 5.56 Å².